The standard InChI is InChI=1S/C18H17Cl3N2O4S/c1-10-7-12(17(26)27-9-18(19,20)21)23-15(25)14(16(23)28-10)22-13(24)8-11-5-3-2-4-6-11/h2-7,12,14,16H,8-9H2,1H3,(H,22,24)/t12?,14?,16-/m0/s1. The van der Waals surface area contributed by atoms with Crippen molar-refractivity contribution < 1.29 is 19.1 Å². The minimum Gasteiger partial charge on any atom is -0.459 e. The lowest BCUT2D eigenvalue weighted by Gasteiger charge is -2.51. The third-order valence-corrected chi connectivity index (χ3v) is 5.80. The predicted molar refractivity (Wildman–Crippen MR) is 109 cm³/mol. The van der Waals surface area contributed by atoms with Gasteiger partial charge in [-0.15, -0.1) is 11.8 Å². The molecule has 1 fully saturated rings. The molecule has 0 bridgehead atoms. The first-order chi connectivity index (χ1) is 13.2. The summed E-state index contributed by atoms with van der Waals surface area (Å²) in [5, 5.41) is 2.37. The molecule has 2 aliphatic heterocycles. The number of benzene rings is 1. The van der Waals surface area contributed by atoms with Crippen LogP contribution < -0.4 is 5.32 Å². The molecule has 3 atom stereocenters. The molecule has 2 unspecified atom stereocenters. The van der Waals surface area contributed by atoms with Crippen LogP contribution in [0.1, 0.15) is 12.5 Å². The summed E-state index contributed by atoms with van der Waals surface area (Å²) in [5.41, 5.74) is 0.851. The third kappa shape index (κ3) is 4.95. The number of nitrogens with one attached hydrogen (secondary N) is 1. The number of carbonyl (C=O) groups excluding carboxylic acids is 3. The van der Waals surface area contributed by atoms with Crippen LogP contribution in [0.4, 0.5) is 0 Å². The number of amides is 2. The van der Waals surface area contributed by atoms with Crippen molar-refractivity contribution in [3.63, 3.8) is 0 Å². The Kier molecular flexibility index (Phi) is 6.49. The average Bonchev–Trinajstić information content (AvgIpc) is 2.63. The van der Waals surface area contributed by atoms with E-state index < -0.39 is 28.5 Å². The Hall–Kier alpha value is -1.41. The fourth-order valence-electron chi connectivity index (χ4n) is 3.00. The second-order valence-electron chi connectivity index (χ2n) is 6.41. The second kappa shape index (κ2) is 8.53. The molecule has 2 amide bonds. The van der Waals surface area contributed by atoms with Gasteiger partial charge in [0.1, 0.15) is 18.0 Å². The Bertz CT molecular complexity index is 813. The molecule has 1 saturated heterocycles. The minimum atomic E-state index is -1.73. The van der Waals surface area contributed by atoms with Crippen molar-refractivity contribution in [3.8, 4) is 0 Å². The number of esters is 1. The van der Waals surface area contributed by atoms with Gasteiger partial charge in [0.2, 0.25) is 15.6 Å². The molecule has 2 aliphatic rings. The lowest BCUT2D eigenvalue weighted by Crippen LogP contribution is -2.73. The average molecular weight is 464 g/mol. The quantitative estimate of drug-likeness (QED) is 0.413. The Balaban J connectivity index is 1.63. The van der Waals surface area contributed by atoms with Crippen LogP contribution in [0, 0.1) is 0 Å². The highest BCUT2D eigenvalue weighted by molar-refractivity contribution is 8.03. The molecule has 0 saturated carbocycles. The van der Waals surface area contributed by atoms with E-state index in [1.54, 1.807) is 6.08 Å². The number of hydrogen-bond donors (Lipinski definition) is 1. The lowest BCUT2D eigenvalue weighted by molar-refractivity contribution is -0.162. The number of carbonyl (C=O) groups is 3. The molecule has 150 valence electrons. The molecule has 1 aromatic carbocycles. The summed E-state index contributed by atoms with van der Waals surface area (Å²) in [7, 11) is 0. The molecule has 0 aliphatic carbocycles. The molecule has 0 radical (unpaired) electrons. The number of fused-ring (bicyclic) bond motifs is 1. The molecule has 3 rings (SSSR count). The molecule has 2 heterocycles. The largest absolute Gasteiger partial charge is 0.459 e. The molecular formula is C18H17Cl3N2O4S. The first kappa shape index (κ1) is 21.3. The number of allylic oxidation sites excluding steroid dienone is 1. The van der Waals surface area contributed by atoms with E-state index in [4.69, 9.17) is 39.5 Å². The van der Waals surface area contributed by atoms with Gasteiger partial charge < -0.3 is 15.0 Å². The van der Waals surface area contributed by atoms with E-state index in [9.17, 15) is 14.4 Å². The normalized spacial score (nSPS) is 24.0. The monoisotopic (exact) mass is 462 g/mol. The molecular weight excluding hydrogens is 447 g/mol. The number of rotatable bonds is 5. The first-order valence-corrected chi connectivity index (χ1v) is 10.4. The van der Waals surface area contributed by atoms with Gasteiger partial charge in [0.05, 0.1) is 6.42 Å². The summed E-state index contributed by atoms with van der Waals surface area (Å²) in [6, 6.07) is 7.63. The zero-order valence-corrected chi connectivity index (χ0v) is 17.8. The smallest absolute Gasteiger partial charge is 0.333 e. The van der Waals surface area contributed by atoms with Crippen molar-refractivity contribution >= 4 is 64.3 Å². The maximum absolute atomic E-state index is 12.6. The highest BCUT2D eigenvalue weighted by atomic mass is 35.6. The van der Waals surface area contributed by atoms with Crippen molar-refractivity contribution in [2.24, 2.45) is 0 Å². The van der Waals surface area contributed by atoms with E-state index in [-0.39, 0.29) is 23.6 Å². The fourth-order valence-corrected chi connectivity index (χ4v) is 4.42. The molecule has 6 nitrogen and oxygen atoms in total. The number of thioether (sulfide) groups is 1. The Labute approximate surface area is 181 Å². The van der Waals surface area contributed by atoms with Gasteiger partial charge in [-0.1, -0.05) is 65.1 Å². The van der Waals surface area contributed by atoms with Crippen LogP contribution in [0.3, 0.4) is 0 Å². The summed E-state index contributed by atoms with van der Waals surface area (Å²) in [6.45, 7) is 1.40. The van der Waals surface area contributed by atoms with Gasteiger partial charge in [0.15, 0.2) is 6.04 Å². The summed E-state index contributed by atoms with van der Waals surface area (Å²) in [6.07, 6.45) is 1.80. The van der Waals surface area contributed by atoms with Crippen LogP contribution in [0.5, 0.6) is 0 Å². The number of nitrogens with zero attached hydrogens (tertiary/aromatic N) is 1. The SMILES string of the molecule is CC1=CC(C(=O)OCC(Cl)(Cl)Cl)N2C(=O)C(NC(=O)Cc3ccccc3)[C@@H]2S1. The zero-order chi connectivity index (χ0) is 20.5. The van der Waals surface area contributed by atoms with Gasteiger partial charge >= 0.3 is 5.97 Å². The van der Waals surface area contributed by atoms with Crippen LogP contribution >= 0.6 is 46.6 Å². The van der Waals surface area contributed by atoms with Crippen molar-refractivity contribution in [3.05, 3.63) is 46.9 Å². The second-order valence-corrected chi connectivity index (χ2v) is 10.3. The molecule has 0 spiro atoms. The summed E-state index contributed by atoms with van der Waals surface area (Å²) in [4.78, 5) is 39.5. The number of β-lactam (4-membered cyclic amide) rings is 1. The number of hydrogen-bond acceptors (Lipinski definition) is 5. The van der Waals surface area contributed by atoms with Crippen LogP contribution in [0.15, 0.2) is 41.3 Å². The van der Waals surface area contributed by atoms with Crippen LogP contribution in [0.2, 0.25) is 0 Å². The zero-order valence-electron chi connectivity index (χ0n) is 14.7. The third-order valence-electron chi connectivity index (χ3n) is 4.22. The van der Waals surface area contributed by atoms with E-state index >= 15 is 0 Å². The highest BCUT2D eigenvalue weighted by Crippen LogP contribution is 2.41. The van der Waals surface area contributed by atoms with Gasteiger partial charge in [-0.2, -0.15) is 0 Å². The summed E-state index contributed by atoms with van der Waals surface area (Å²) >= 11 is 18.2. The van der Waals surface area contributed by atoms with Gasteiger partial charge in [-0.05, 0) is 23.5 Å². The lowest BCUT2D eigenvalue weighted by atomic mass is 10.0. The summed E-state index contributed by atoms with van der Waals surface area (Å²) in [5.74, 6) is -1.29. The maximum atomic E-state index is 12.6. The van der Waals surface area contributed by atoms with E-state index in [0.29, 0.717) is 0 Å². The molecule has 28 heavy (non-hydrogen) atoms. The maximum Gasteiger partial charge on any atom is 0.333 e. The van der Waals surface area contributed by atoms with Crippen LogP contribution in [-0.4, -0.2) is 50.5 Å². The number of halogens is 3. The van der Waals surface area contributed by atoms with Gasteiger partial charge in [-0.3, -0.25) is 9.59 Å². The van der Waals surface area contributed by atoms with E-state index in [1.807, 2.05) is 37.3 Å². The highest BCUT2D eigenvalue weighted by Gasteiger charge is 2.55. The Morgan fingerprint density at radius 1 is 1.25 bits per heavy atom. The van der Waals surface area contributed by atoms with E-state index in [2.05, 4.69) is 5.32 Å². The van der Waals surface area contributed by atoms with Crippen molar-refractivity contribution in [2.75, 3.05) is 6.61 Å². The van der Waals surface area contributed by atoms with E-state index in [1.165, 1.54) is 16.7 Å². The van der Waals surface area contributed by atoms with Gasteiger partial charge in [-0.25, -0.2) is 4.79 Å². The van der Waals surface area contributed by atoms with E-state index in [0.717, 1.165) is 10.5 Å². The summed E-state index contributed by atoms with van der Waals surface area (Å²) < 4.78 is 3.29. The molecule has 10 heteroatoms. The minimum absolute atomic E-state index is 0.172. The molecule has 1 N–H and O–H groups in total. The topological polar surface area (TPSA) is 75.7 Å². The number of ether oxygens (including phenoxy) is 1. The van der Waals surface area contributed by atoms with Crippen molar-refractivity contribution in [1.29, 1.82) is 0 Å². The van der Waals surface area contributed by atoms with Crippen molar-refractivity contribution in [2.45, 2.75) is 34.6 Å². The van der Waals surface area contributed by atoms with Gasteiger partial charge in [0, 0.05) is 0 Å². The molecule has 1 aromatic rings. The number of alkyl halides is 3. The van der Waals surface area contributed by atoms with Gasteiger partial charge in [0.25, 0.3) is 0 Å². The Morgan fingerprint density at radius 2 is 1.93 bits per heavy atom. The first-order valence-electron chi connectivity index (χ1n) is 8.39. The van der Waals surface area contributed by atoms with Crippen LogP contribution in [0.25, 0.3) is 0 Å². The molecule has 0 aromatic heterocycles. The predicted octanol–water partition coefficient (Wildman–Crippen LogP) is 2.81. The Morgan fingerprint density at radius 3 is 2.57 bits per heavy atom. The van der Waals surface area contributed by atoms with Crippen molar-refractivity contribution in [1.82, 2.24) is 10.2 Å². The van der Waals surface area contributed by atoms with Crippen LogP contribution in [-0.2, 0) is 25.5 Å². The fraction of sp³-hybridized carbons (Fsp3) is 0.389.